The maximum absolute atomic E-state index is 10.7. The average Bonchev–Trinajstić information content (AvgIpc) is 2.13. The minimum Gasteiger partial charge on any atom is -0.431 e. The first-order chi connectivity index (χ1) is 4.24. The SMILES string of the molecule is C/C=C1\CC(C)C(=O)O1. The van der Waals surface area contributed by atoms with Crippen LogP contribution < -0.4 is 0 Å². The van der Waals surface area contributed by atoms with Crippen molar-refractivity contribution < 1.29 is 9.53 Å². The Morgan fingerprint density at radius 1 is 1.78 bits per heavy atom. The second kappa shape index (κ2) is 2.21. The van der Waals surface area contributed by atoms with E-state index < -0.39 is 0 Å². The fourth-order valence-corrected chi connectivity index (χ4v) is 0.833. The van der Waals surface area contributed by atoms with Crippen molar-refractivity contribution in [3.8, 4) is 0 Å². The third-order valence-electron chi connectivity index (χ3n) is 1.46. The first kappa shape index (κ1) is 6.33. The first-order valence-corrected chi connectivity index (χ1v) is 3.11. The van der Waals surface area contributed by atoms with Crippen LogP contribution in [0, 0.1) is 5.92 Å². The minimum atomic E-state index is -0.0944. The van der Waals surface area contributed by atoms with Crippen molar-refractivity contribution in [2.75, 3.05) is 0 Å². The molecule has 1 saturated heterocycles. The van der Waals surface area contributed by atoms with Crippen LogP contribution in [0.15, 0.2) is 11.8 Å². The van der Waals surface area contributed by atoms with Crippen LogP contribution in [0.4, 0.5) is 0 Å². The van der Waals surface area contributed by atoms with Gasteiger partial charge in [0.2, 0.25) is 0 Å². The van der Waals surface area contributed by atoms with Crippen molar-refractivity contribution in [3.05, 3.63) is 11.8 Å². The maximum atomic E-state index is 10.7. The van der Waals surface area contributed by atoms with Gasteiger partial charge in [-0.2, -0.15) is 0 Å². The minimum absolute atomic E-state index is 0.0659. The maximum Gasteiger partial charge on any atom is 0.314 e. The van der Waals surface area contributed by atoms with E-state index >= 15 is 0 Å². The van der Waals surface area contributed by atoms with E-state index in [0.29, 0.717) is 0 Å². The number of allylic oxidation sites excluding steroid dienone is 2. The van der Waals surface area contributed by atoms with Gasteiger partial charge in [-0.05, 0) is 13.0 Å². The molecule has 0 radical (unpaired) electrons. The molecule has 0 aromatic carbocycles. The Balaban J connectivity index is 2.65. The van der Waals surface area contributed by atoms with Gasteiger partial charge in [-0.1, -0.05) is 6.92 Å². The van der Waals surface area contributed by atoms with Gasteiger partial charge in [0.05, 0.1) is 5.92 Å². The van der Waals surface area contributed by atoms with Crippen LogP contribution in [-0.4, -0.2) is 5.97 Å². The highest BCUT2D eigenvalue weighted by atomic mass is 16.5. The molecule has 2 heteroatoms. The smallest absolute Gasteiger partial charge is 0.314 e. The predicted octanol–water partition coefficient (Wildman–Crippen LogP) is 1.47. The lowest BCUT2D eigenvalue weighted by Gasteiger charge is -1.89. The zero-order valence-electron chi connectivity index (χ0n) is 5.68. The normalized spacial score (nSPS) is 31.1. The van der Waals surface area contributed by atoms with Crippen molar-refractivity contribution >= 4 is 5.97 Å². The summed E-state index contributed by atoms with van der Waals surface area (Å²) in [5.41, 5.74) is 0. The lowest BCUT2D eigenvalue weighted by atomic mass is 10.1. The van der Waals surface area contributed by atoms with E-state index in [1.165, 1.54) is 0 Å². The van der Waals surface area contributed by atoms with E-state index in [2.05, 4.69) is 0 Å². The van der Waals surface area contributed by atoms with Crippen LogP contribution in [0.1, 0.15) is 20.3 Å². The van der Waals surface area contributed by atoms with Crippen LogP contribution in [0.25, 0.3) is 0 Å². The van der Waals surface area contributed by atoms with Gasteiger partial charge in [0, 0.05) is 6.42 Å². The highest BCUT2D eigenvalue weighted by Crippen LogP contribution is 2.22. The summed E-state index contributed by atoms with van der Waals surface area (Å²) in [6, 6.07) is 0. The second-order valence-electron chi connectivity index (χ2n) is 2.28. The lowest BCUT2D eigenvalue weighted by Crippen LogP contribution is -2.00. The Bertz CT molecular complexity index is 158. The van der Waals surface area contributed by atoms with Crippen molar-refractivity contribution in [2.45, 2.75) is 20.3 Å². The summed E-state index contributed by atoms with van der Waals surface area (Å²) in [5.74, 6) is 0.784. The topological polar surface area (TPSA) is 26.3 Å². The molecule has 1 unspecified atom stereocenters. The number of rotatable bonds is 0. The Morgan fingerprint density at radius 2 is 2.44 bits per heavy atom. The summed E-state index contributed by atoms with van der Waals surface area (Å²) in [6.45, 7) is 3.75. The van der Waals surface area contributed by atoms with Gasteiger partial charge in [0.25, 0.3) is 0 Å². The van der Waals surface area contributed by atoms with Crippen LogP contribution in [0.3, 0.4) is 0 Å². The molecule has 2 nitrogen and oxygen atoms in total. The molecule has 50 valence electrons. The van der Waals surface area contributed by atoms with Crippen molar-refractivity contribution in [2.24, 2.45) is 5.92 Å². The number of carbonyl (C=O) groups excluding carboxylic acids is 1. The van der Waals surface area contributed by atoms with Gasteiger partial charge < -0.3 is 4.74 Å². The summed E-state index contributed by atoms with van der Waals surface area (Å²) in [7, 11) is 0. The molecular formula is C7H10O2. The van der Waals surface area contributed by atoms with Gasteiger partial charge in [0.1, 0.15) is 5.76 Å². The van der Waals surface area contributed by atoms with E-state index in [0.717, 1.165) is 12.2 Å². The third-order valence-corrected chi connectivity index (χ3v) is 1.46. The number of esters is 1. The fraction of sp³-hybridized carbons (Fsp3) is 0.571. The fourth-order valence-electron chi connectivity index (χ4n) is 0.833. The Morgan fingerprint density at radius 3 is 2.67 bits per heavy atom. The molecule has 9 heavy (non-hydrogen) atoms. The quantitative estimate of drug-likeness (QED) is 0.459. The van der Waals surface area contributed by atoms with Gasteiger partial charge in [-0.3, -0.25) is 4.79 Å². The number of cyclic esters (lactones) is 1. The largest absolute Gasteiger partial charge is 0.431 e. The van der Waals surface area contributed by atoms with E-state index in [1.807, 2.05) is 19.9 Å². The molecule has 1 fully saturated rings. The first-order valence-electron chi connectivity index (χ1n) is 3.11. The zero-order valence-corrected chi connectivity index (χ0v) is 5.68. The third kappa shape index (κ3) is 1.12. The molecule has 1 aliphatic rings. The van der Waals surface area contributed by atoms with E-state index in [1.54, 1.807) is 0 Å². The second-order valence-corrected chi connectivity index (χ2v) is 2.28. The Hall–Kier alpha value is -0.790. The van der Waals surface area contributed by atoms with Crippen molar-refractivity contribution in [1.82, 2.24) is 0 Å². The van der Waals surface area contributed by atoms with E-state index in [4.69, 9.17) is 4.74 Å². The molecule has 1 atom stereocenters. The van der Waals surface area contributed by atoms with Crippen molar-refractivity contribution in [1.29, 1.82) is 0 Å². The molecule has 0 aliphatic carbocycles. The van der Waals surface area contributed by atoms with E-state index in [9.17, 15) is 4.79 Å². The van der Waals surface area contributed by atoms with Crippen molar-refractivity contribution in [3.63, 3.8) is 0 Å². The van der Waals surface area contributed by atoms with E-state index in [-0.39, 0.29) is 11.9 Å². The van der Waals surface area contributed by atoms with Crippen LogP contribution in [0.5, 0.6) is 0 Å². The van der Waals surface area contributed by atoms with Crippen LogP contribution in [-0.2, 0) is 9.53 Å². The number of ether oxygens (including phenoxy) is 1. The number of hydrogen-bond acceptors (Lipinski definition) is 2. The zero-order chi connectivity index (χ0) is 6.85. The summed E-state index contributed by atoms with van der Waals surface area (Å²) in [6.07, 6.45) is 2.61. The molecule has 0 saturated carbocycles. The standard InChI is InChI=1S/C7H10O2/c1-3-6-4-5(2)7(8)9-6/h3,5H,4H2,1-2H3/b6-3+. The molecule has 1 heterocycles. The molecule has 0 aromatic heterocycles. The van der Waals surface area contributed by atoms with Gasteiger partial charge in [-0.25, -0.2) is 0 Å². The summed E-state index contributed by atoms with van der Waals surface area (Å²) >= 11 is 0. The molecule has 0 N–H and O–H groups in total. The van der Waals surface area contributed by atoms with Crippen LogP contribution >= 0.6 is 0 Å². The Labute approximate surface area is 54.5 Å². The highest BCUT2D eigenvalue weighted by Gasteiger charge is 2.25. The summed E-state index contributed by atoms with van der Waals surface area (Å²) in [4.78, 5) is 10.7. The average molecular weight is 126 g/mol. The van der Waals surface area contributed by atoms with Gasteiger partial charge in [0.15, 0.2) is 0 Å². The van der Waals surface area contributed by atoms with Gasteiger partial charge in [-0.15, -0.1) is 0 Å². The molecule has 0 bridgehead atoms. The molecular weight excluding hydrogens is 116 g/mol. The molecule has 0 aromatic rings. The Kier molecular flexibility index (Phi) is 1.56. The number of hydrogen-bond donors (Lipinski definition) is 0. The highest BCUT2D eigenvalue weighted by molar-refractivity contribution is 5.76. The summed E-state index contributed by atoms with van der Waals surface area (Å²) < 4.78 is 4.84. The molecule has 0 spiro atoms. The lowest BCUT2D eigenvalue weighted by molar-refractivity contribution is -0.138. The van der Waals surface area contributed by atoms with Crippen LogP contribution in [0.2, 0.25) is 0 Å². The molecule has 0 amide bonds. The molecule has 1 rings (SSSR count). The summed E-state index contributed by atoms with van der Waals surface area (Å²) in [5, 5.41) is 0. The predicted molar refractivity (Wildman–Crippen MR) is 33.6 cm³/mol. The van der Waals surface area contributed by atoms with Gasteiger partial charge >= 0.3 is 5.97 Å². The number of carbonyl (C=O) groups is 1. The molecule has 1 aliphatic heterocycles. The monoisotopic (exact) mass is 126 g/mol.